The van der Waals surface area contributed by atoms with Crippen molar-refractivity contribution in [2.45, 2.75) is 23.8 Å². The highest BCUT2D eigenvalue weighted by molar-refractivity contribution is 7.89. The minimum atomic E-state index is -3.72. The van der Waals surface area contributed by atoms with Crippen molar-refractivity contribution in [1.29, 1.82) is 0 Å². The zero-order chi connectivity index (χ0) is 13.3. The lowest BCUT2D eigenvalue weighted by atomic mass is 10.5. The van der Waals surface area contributed by atoms with E-state index in [0.29, 0.717) is 0 Å². The minimum absolute atomic E-state index is 0.0454. The average molecular weight is 293 g/mol. The first-order chi connectivity index (χ1) is 8.46. The molecule has 0 bridgehead atoms. The number of H-pyrrole nitrogens is 1. The summed E-state index contributed by atoms with van der Waals surface area (Å²) in [6, 6.07) is 1.07. The van der Waals surface area contributed by atoms with Crippen LogP contribution in [0.25, 0.3) is 0 Å². The van der Waals surface area contributed by atoms with Gasteiger partial charge in [-0.2, -0.15) is 4.31 Å². The summed E-state index contributed by atoms with van der Waals surface area (Å²) in [6.07, 6.45) is 2.70. The van der Waals surface area contributed by atoms with Crippen LogP contribution in [-0.4, -0.2) is 42.0 Å². The lowest BCUT2D eigenvalue weighted by Gasteiger charge is -2.20. The molecule has 0 amide bonds. The highest BCUT2D eigenvalue weighted by Crippen LogP contribution is 2.31. The number of aliphatic hydroxyl groups excluding tert-OH is 1. The lowest BCUT2D eigenvalue weighted by Crippen LogP contribution is -2.35. The summed E-state index contributed by atoms with van der Waals surface area (Å²) in [4.78, 5) is 13.3. The van der Waals surface area contributed by atoms with Gasteiger partial charge in [-0.05, 0) is 18.9 Å². The molecule has 0 aromatic carbocycles. The fourth-order valence-corrected chi connectivity index (χ4v) is 3.59. The number of aromatic nitrogens is 1. The molecule has 1 aliphatic rings. The maximum absolute atomic E-state index is 12.3. The second-order valence-electron chi connectivity index (χ2n) is 4.08. The van der Waals surface area contributed by atoms with Crippen LogP contribution < -0.4 is 5.56 Å². The first kappa shape index (κ1) is 13.5. The molecular formula is C10H13ClN2O4S. The summed E-state index contributed by atoms with van der Waals surface area (Å²) in [6.45, 7) is -0.198. The molecule has 0 saturated heterocycles. The van der Waals surface area contributed by atoms with Gasteiger partial charge in [-0.25, -0.2) is 8.42 Å². The van der Waals surface area contributed by atoms with E-state index < -0.39 is 15.6 Å². The quantitative estimate of drug-likeness (QED) is 0.810. The van der Waals surface area contributed by atoms with Crippen LogP contribution in [0.15, 0.2) is 22.0 Å². The van der Waals surface area contributed by atoms with Gasteiger partial charge in [-0.3, -0.25) is 4.79 Å². The van der Waals surface area contributed by atoms with Gasteiger partial charge in [0.1, 0.15) is 5.02 Å². The average Bonchev–Trinajstić information content (AvgIpc) is 3.13. The molecule has 100 valence electrons. The van der Waals surface area contributed by atoms with E-state index in [2.05, 4.69) is 4.98 Å². The monoisotopic (exact) mass is 292 g/mol. The van der Waals surface area contributed by atoms with Crippen LogP contribution in [0.5, 0.6) is 0 Å². The van der Waals surface area contributed by atoms with Crippen molar-refractivity contribution < 1.29 is 13.5 Å². The van der Waals surface area contributed by atoms with Gasteiger partial charge >= 0.3 is 0 Å². The summed E-state index contributed by atoms with van der Waals surface area (Å²) in [5, 5.41) is 8.76. The summed E-state index contributed by atoms with van der Waals surface area (Å²) < 4.78 is 25.8. The summed E-state index contributed by atoms with van der Waals surface area (Å²) in [5.74, 6) is 0. The Balaban J connectivity index is 2.39. The number of hydrogen-bond acceptors (Lipinski definition) is 4. The third-order valence-corrected chi connectivity index (χ3v) is 4.92. The summed E-state index contributed by atoms with van der Waals surface area (Å²) in [5.41, 5.74) is -0.532. The molecule has 0 radical (unpaired) electrons. The summed E-state index contributed by atoms with van der Waals surface area (Å²) >= 11 is 5.62. The van der Waals surface area contributed by atoms with E-state index in [0.717, 1.165) is 25.1 Å². The Hall–Kier alpha value is -0.890. The van der Waals surface area contributed by atoms with Gasteiger partial charge in [0, 0.05) is 18.8 Å². The van der Waals surface area contributed by atoms with Crippen molar-refractivity contribution in [3.8, 4) is 0 Å². The molecule has 2 N–H and O–H groups in total. The molecule has 1 fully saturated rings. The van der Waals surface area contributed by atoms with E-state index in [1.54, 1.807) is 0 Å². The van der Waals surface area contributed by atoms with Gasteiger partial charge in [-0.1, -0.05) is 11.6 Å². The molecule has 0 unspecified atom stereocenters. The van der Waals surface area contributed by atoms with Crippen molar-refractivity contribution in [2.24, 2.45) is 0 Å². The normalized spacial score (nSPS) is 16.2. The van der Waals surface area contributed by atoms with E-state index in [4.69, 9.17) is 16.7 Å². The standard InChI is InChI=1S/C10H13ClN2O4S/c11-9-5-8(6-12-10(9)15)18(16,17)13(3-4-14)7-1-2-7/h5-7,14H,1-4H2,(H,12,15). The Bertz CT molecular complexity index is 594. The Morgan fingerprint density at radius 3 is 2.67 bits per heavy atom. The van der Waals surface area contributed by atoms with Gasteiger partial charge in [0.25, 0.3) is 5.56 Å². The maximum atomic E-state index is 12.3. The Labute approximate surface area is 109 Å². The number of rotatable bonds is 5. The highest BCUT2D eigenvalue weighted by atomic mass is 35.5. The lowest BCUT2D eigenvalue weighted by molar-refractivity contribution is 0.250. The third-order valence-electron chi connectivity index (χ3n) is 2.71. The van der Waals surface area contributed by atoms with E-state index in [1.165, 1.54) is 4.31 Å². The zero-order valence-corrected chi connectivity index (χ0v) is 11.0. The van der Waals surface area contributed by atoms with E-state index in [1.807, 2.05) is 0 Å². The van der Waals surface area contributed by atoms with Crippen molar-refractivity contribution in [2.75, 3.05) is 13.2 Å². The Morgan fingerprint density at radius 2 is 2.17 bits per heavy atom. The van der Waals surface area contributed by atoms with Crippen LogP contribution in [0.3, 0.4) is 0 Å². The van der Waals surface area contributed by atoms with Gasteiger partial charge < -0.3 is 10.1 Å². The topological polar surface area (TPSA) is 90.5 Å². The predicted molar refractivity (Wildman–Crippen MR) is 66.1 cm³/mol. The number of nitrogens with one attached hydrogen (secondary N) is 1. The first-order valence-electron chi connectivity index (χ1n) is 5.47. The number of pyridine rings is 1. The highest BCUT2D eigenvalue weighted by Gasteiger charge is 2.37. The molecule has 2 rings (SSSR count). The van der Waals surface area contributed by atoms with E-state index in [-0.39, 0.29) is 29.1 Å². The molecule has 1 aliphatic carbocycles. The summed E-state index contributed by atoms with van der Waals surface area (Å²) in [7, 11) is -3.72. The fourth-order valence-electron chi connectivity index (χ4n) is 1.68. The largest absolute Gasteiger partial charge is 0.395 e. The molecular weight excluding hydrogens is 280 g/mol. The molecule has 18 heavy (non-hydrogen) atoms. The number of aromatic amines is 1. The molecule has 6 nitrogen and oxygen atoms in total. The Morgan fingerprint density at radius 1 is 1.50 bits per heavy atom. The fraction of sp³-hybridized carbons (Fsp3) is 0.500. The molecule has 1 aromatic heterocycles. The first-order valence-corrected chi connectivity index (χ1v) is 7.29. The van der Waals surface area contributed by atoms with Crippen LogP contribution in [0, 0.1) is 0 Å². The molecule has 1 heterocycles. The van der Waals surface area contributed by atoms with Crippen molar-refractivity contribution in [3.05, 3.63) is 27.6 Å². The molecule has 0 spiro atoms. The zero-order valence-electron chi connectivity index (χ0n) is 9.47. The van der Waals surface area contributed by atoms with Crippen molar-refractivity contribution in [3.63, 3.8) is 0 Å². The molecule has 8 heteroatoms. The number of nitrogens with zero attached hydrogens (tertiary/aromatic N) is 1. The second-order valence-corrected chi connectivity index (χ2v) is 6.38. The molecule has 1 aromatic rings. The van der Waals surface area contributed by atoms with Gasteiger partial charge in [-0.15, -0.1) is 0 Å². The number of halogens is 1. The molecule has 0 atom stereocenters. The number of hydrogen-bond donors (Lipinski definition) is 2. The van der Waals surface area contributed by atoms with Crippen LogP contribution >= 0.6 is 11.6 Å². The van der Waals surface area contributed by atoms with E-state index >= 15 is 0 Å². The number of sulfonamides is 1. The van der Waals surface area contributed by atoms with Crippen molar-refractivity contribution >= 4 is 21.6 Å². The maximum Gasteiger partial charge on any atom is 0.266 e. The van der Waals surface area contributed by atoms with Gasteiger partial charge in [0.15, 0.2) is 0 Å². The van der Waals surface area contributed by atoms with Gasteiger partial charge in [0.05, 0.1) is 11.5 Å². The van der Waals surface area contributed by atoms with Crippen LogP contribution in [0.2, 0.25) is 5.02 Å². The van der Waals surface area contributed by atoms with Crippen LogP contribution in [0.4, 0.5) is 0 Å². The predicted octanol–water partition coefficient (Wildman–Crippen LogP) is 0.174. The molecule has 0 aliphatic heterocycles. The smallest absolute Gasteiger partial charge is 0.266 e. The van der Waals surface area contributed by atoms with Crippen LogP contribution in [-0.2, 0) is 10.0 Å². The second kappa shape index (κ2) is 5.00. The van der Waals surface area contributed by atoms with E-state index in [9.17, 15) is 13.2 Å². The molecule has 1 saturated carbocycles. The van der Waals surface area contributed by atoms with Crippen LogP contribution in [0.1, 0.15) is 12.8 Å². The van der Waals surface area contributed by atoms with Gasteiger partial charge in [0.2, 0.25) is 10.0 Å². The Kier molecular flexibility index (Phi) is 3.76. The number of aliphatic hydroxyl groups is 1. The SMILES string of the molecule is O=c1[nH]cc(S(=O)(=O)N(CCO)C2CC2)cc1Cl. The third kappa shape index (κ3) is 2.59. The van der Waals surface area contributed by atoms with Crippen molar-refractivity contribution in [1.82, 2.24) is 9.29 Å². The minimum Gasteiger partial charge on any atom is -0.395 e.